The Kier molecular flexibility index (Phi) is 4.79. The Balaban J connectivity index is 1.67. The summed E-state index contributed by atoms with van der Waals surface area (Å²) in [7, 11) is 0. The number of fused-ring (bicyclic) bond motifs is 1. The minimum atomic E-state index is -0.783. The van der Waals surface area contributed by atoms with Crippen molar-refractivity contribution in [3.63, 3.8) is 0 Å². The summed E-state index contributed by atoms with van der Waals surface area (Å²) in [4.78, 5) is 41.6. The molecule has 6 heteroatoms. The fraction of sp³-hybridized carbons (Fsp3) is 0.211. The second-order valence-corrected chi connectivity index (χ2v) is 5.56. The number of carbonyl (C=O) groups is 3. The first kappa shape index (κ1) is 16.7. The lowest BCUT2D eigenvalue weighted by Crippen LogP contribution is -2.32. The highest BCUT2D eigenvalue weighted by Gasteiger charge is 2.38. The lowest BCUT2D eigenvalue weighted by Gasteiger charge is -2.13. The van der Waals surface area contributed by atoms with E-state index in [1.807, 2.05) is 0 Å². The molecule has 1 aliphatic heterocycles. The van der Waals surface area contributed by atoms with E-state index in [0.29, 0.717) is 17.4 Å². The van der Waals surface area contributed by atoms with Crippen molar-refractivity contribution in [1.29, 1.82) is 0 Å². The summed E-state index contributed by atoms with van der Waals surface area (Å²) in [6.45, 7) is 2.68. The van der Waals surface area contributed by atoms with Gasteiger partial charge in [0.15, 0.2) is 0 Å². The van der Waals surface area contributed by atoms with Gasteiger partial charge in [-0.2, -0.15) is 0 Å². The van der Waals surface area contributed by atoms with Crippen molar-refractivity contribution < 1.29 is 24.0 Å². The highest BCUT2D eigenvalue weighted by Crippen LogP contribution is 2.23. The maximum atomic E-state index is 12.2. The van der Waals surface area contributed by atoms with Gasteiger partial charge in [0.1, 0.15) is 5.75 Å². The fourth-order valence-electron chi connectivity index (χ4n) is 2.41. The minimum absolute atomic E-state index is 0.222. The number of hydroxylamine groups is 2. The molecule has 3 rings (SSSR count). The van der Waals surface area contributed by atoms with Gasteiger partial charge in [0, 0.05) is 0 Å². The highest BCUT2D eigenvalue weighted by molar-refractivity contribution is 6.21. The number of amides is 2. The molecule has 2 aromatic rings. The molecule has 0 saturated heterocycles. The summed E-state index contributed by atoms with van der Waals surface area (Å²) in [5.74, 6) is -1.43. The Hall–Kier alpha value is -3.15. The molecule has 0 aliphatic carbocycles. The molecule has 0 N–H and O–H groups in total. The second-order valence-electron chi connectivity index (χ2n) is 5.56. The molecule has 0 radical (unpaired) electrons. The Morgan fingerprint density at radius 1 is 0.960 bits per heavy atom. The molecular formula is C19H17NO5. The maximum Gasteiger partial charge on any atom is 0.363 e. The molecule has 1 heterocycles. The van der Waals surface area contributed by atoms with Gasteiger partial charge in [-0.15, -0.1) is 0 Å². The first-order valence-electron chi connectivity index (χ1n) is 8.04. The molecule has 0 spiro atoms. The summed E-state index contributed by atoms with van der Waals surface area (Å²) in [6.07, 6.45) is 1.98. The van der Waals surface area contributed by atoms with E-state index in [0.717, 1.165) is 12.8 Å². The average molecular weight is 339 g/mol. The molecular weight excluding hydrogens is 322 g/mol. The van der Waals surface area contributed by atoms with Crippen molar-refractivity contribution in [1.82, 2.24) is 5.06 Å². The molecule has 1 aliphatic rings. The van der Waals surface area contributed by atoms with Crippen LogP contribution in [0.3, 0.4) is 0 Å². The SMILES string of the molecule is CCCCOc1ccc(C(=O)ON2C(=O)c3ccccc3C2=O)cc1. The summed E-state index contributed by atoms with van der Waals surface area (Å²) in [5, 5.41) is 0.499. The third-order valence-electron chi connectivity index (χ3n) is 3.79. The van der Waals surface area contributed by atoms with Gasteiger partial charge in [-0.1, -0.05) is 30.5 Å². The van der Waals surface area contributed by atoms with Crippen LogP contribution in [0, 0.1) is 0 Å². The smallest absolute Gasteiger partial charge is 0.363 e. The largest absolute Gasteiger partial charge is 0.494 e. The highest BCUT2D eigenvalue weighted by atomic mass is 16.7. The molecule has 0 bridgehead atoms. The standard InChI is InChI=1S/C19H17NO5/c1-2-3-12-24-14-10-8-13(9-11-14)19(23)25-20-17(21)15-6-4-5-7-16(15)18(20)22/h4-11H,2-3,12H2,1H3. The van der Waals surface area contributed by atoms with Crippen LogP contribution in [0.25, 0.3) is 0 Å². The van der Waals surface area contributed by atoms with E-state index in [1.54, 1.807) is 24.3 Å². The number of hydrogen-bond donors (Lipinski definition) is 0. The van der Waals surface area contributed by atoms with E-state index < -0.39 is 17.8 Å². The molecule has 0 atom stereocenters. The van der Waals surface area contributed by atoms with Gasteiger partial charge in [0.2, 0.25) is 0 Å². The number of ether oxygens (including phenoxy) is 1. The number of unbranched alkanes of at least 4 members (excludes halogenated alkanes) is 1. The van der Waals surface area contributed by atoms with Crippen LogP contribution in [0.5, 0.6) is 5.75 Å². The van der Waals surface area contributed by atoms with E-state index in [4.69, 9.17) is 9.57 Å². The van der Waals surface area contributed by atoms with Crippen molar-refractivity contribution in [2.45, 2.75) is 19.8 Å². The van der Waals surface area contributed by atoms with Crippen molar-refractivity contribution in [2.75, 3.05) is 6.61 Å². The Morgan fingerprint density at radius 3 is 2.12 bits per heavy atom. The number of rotatable bonds is 6. The van der Waals surface area contributed by atoms with E-state index in [-0.39, 0.29) is 16.7 Å². The van der Waals surface area contributed by atoms with Crippen LogP contribution in [0.2, 0.25) is 0 Å². The van der Waals surface area contributed by atoms with Crippen LogP contribution in [0.4, 0.5) is 0 Å². The van der Waals surface area contributed by atoms with E-state index >= 15 is 0 Å². The van der Waals surface area contributed by atoms with Crippen molar-refractivity contribution >= 4 is 17.8 Å². The van der Waals surface area contributed by atoms with Crippen molar-refractivity contribution in [3.8, 4) is 5.75 Å². The zero-order valence-electron chi connectivity index (χ0n) is 13.7. The molecule has 6 nitrogen and oxygen atoms in total. The normalized spacial score (nSPS) is 12.9. The predicted molar refractivity (Wildman–Crippen MR) is 89.2 cm³/mol. The molecule has 25 heavy (non-hydrogen) atoms. The molecule has 128 valence electrons. The van der Waals surface area contributed by atoms with E-state index in [9.17, 15) is 14.4 Å². The Bertz CT molecular complexity index is 778. The summed E-state index contributed by atoms with van der Waals surface area (Å²) >= 11 is 0. The van der Waals surface area contributed by atoms with Crippen LogP contribution in [0.1, 0.15) is 50.8 Å². The lowest BCUT2D eigenvalue weighted by atomic mass is 10.1. The summed E-state index contributed by atoms with van der Waals surface area (Å²) in [6, 6.07) is 12.7. The van der Waals surface area contributed by atoms with Gasteiger partial charge in [-0.25, -0.2) is 4.79 Å². The van der Waals surface area contributed by atoms with E-state index in [1.165, 1.54) is 24.3 Å². The van der Waals surface area contributed by atoms with Crippen molar-refractivity contribution in [3.05, 3.63) is 65.2 Å². The first-order valence-corrected chi connectivity index (χ1v) is 8.04. The van der Waals surface area contributed by atoms with Crippen molar-refractivity contribution in [2.24, 2.45) is 0 Å². The second kappa shape index (κ2) is 7.17. The average Bonchev–Trinajstić information content (AvgIpc) is 2.88. The zero-order valence-corrected chi connectivity index (χ0v) is 13.7. The number of carbonyl (C=O) groups excluding carboxylic acids is 3. The van der Waals surface area contributed by atoms with Crippen LogP contribution >= 0.6 is 0 Å². The van der Waals surface area contributed by atoms with E-state index in [2.05, 4.69) is 6.92 Å². The molecule has 0 aromatic heterocycles. The summed E-state index contributed by atoms with van der Waals surface area (Å²) < 4.78 is 5.52. The molecule has 0 fully saturated rings. The molecule has 0 saturated carbocycles. The number of benzene rings is 2. The minimum Gasteiger partial charge on any atom is -0.494 e. The number of imide groups is 1. The monoisotopic (exact) mass is 339 g/mol. The van der Waals surface area contributed by atoms with Gasteiger partial charge < -0.3 is 9.57 Å². The van der Waals surface area contributed by atoms with Crippen LogP contribution < -0.4 is 4.74 Å². The van der Waals surface area contributed by atoms with Crippen LogP contribution in [-0.4, -0.2) is 29.5 Å². The number of nitrogens with zero attached hydrogens (tertiary/aromatic N) is 1. The predicted octanol–water partition coefficient (Wildman–Crippen LogP) is 3.23. The quantitative estimate of drug-likeness (QED) is 0.597. The van der Waals surface area contributed by atoms with Gasteiger partial charge >= 0.3 is 5.97 Å². The summed E-state index contributed by atoms with van der Waals surface area (Å²) in [5.41, 5.74) is 0.666. The first-order chi connectivity index (χ1) is 12.1. The maximum absolute atomic E-state index is 12.2. The molecule has 2 aromatic carbocycles. The van der Waals surface area contributed by atoms with Crippen LogP contribution in [-0.2, 0) is 4.84 Å². The zero-order chi connectivity index (χ0) is 17.8. The van der Waals surface area contributed by atoms with Gasteiger partial charge in [0.05, 0.1) is 23.3 Å². The Morgan fingerprint density at radius 2 is 1.56 bits per heavy atom. The number of hydrogen-bond acceptors (Lipinski definition) is 5. The third-order valence-corrected chi connectivity index (χ3v) is 3.79. The van der Waals surface area contributed by atoms with Gasteiger partial charge in [0.25, 0.3) is 11.8 Å². The molecule has 2 amide bonds. The Labute approximate surface area is 144 Å². The molecule has 0 unspecified atom stereocenters. The van der Waals surface area contributed by atoms with Crippen LogP contribution in [0.15, 0.2) is 48.5 Å². The van der Waals surface area contributed by atoms with Gasteiger partial charge in [-0.3, -0.25) is 9.59 Å². The van der Waals surface area contributed by atoms with Gasteiger partial charge in [-0.05, 0) is 42.8 Å². The third kappa shape index (κ3) is 3.38. The fourth-order valence-corrected chi connectivity index (χ4v) is 2.41. The topological polar surface area (TPSA) is 72.9 Å². The lowest BCUT2D eigenvalue weighted by molar-refractivity contribution is -0.0584.